The standard InChI is InChI=1S/C24H26O.C12H14O2.C6H12O2/c1-2-8-23-11-6-7-12-24(23)25-19-22-17-15-21(16-18-22)14-13-20-9-4-3-5-10-20;1-8-3-2-4-9-7-10(12(13)14)5-6-11(8)9;1-2-3-4-5-6(7)8/h3-7,9-12,15-18H,2,8,13-14,19H2,1H3;5-8H,2-4H2,1H3,(H,13,14);2-5H2,1H3,(H,7,8)/t;8-;/m.0./s1. The van der Waals surface area contributed by atoms with Gasteiger partial charge in [0.15, 0.2) is 0 Å². The predicted molar refractivity (Wildman–Crippen MR) is 192 cm³/mol. The van der Waals surface area contributed by atoms with Gasteiger partial charge in [-0.3, -0.25) is 4.79 Å². The highest BCUT2D eigenvalue weighted by molar-refractivity contribution is 5.88. The molecule has 0 unspecified atom stereocenters. The van der Waals surface area contributed by atoms with E-state index in [1.54, 1.807) is 6.07 Å². The van der Waals surface area contributed by atoms with Crippen LogP contribution in [0.1, 0.15) is 115 Å². The Bertz CT molecular complexity index is 1490. The largest absolute Gasteiger partial charge is 0.489 e. The number of aromatic carboxylic acids is 1. The lowest BCUT2D eigenvalue weighted by molar-refractivity contribution is -0.137. The fraction of sp³-hybridized carbons (Fsp3) is 0.381. The number of carbonyl (C=O) groups is 2. The number of fused-ring (bicyclic) bond motifs is 1. The first kappa shape index (κ1) is 37.1. The number of ether oxygens (including phenoxy) is 1. The third-order valence-electron chi connectivity index (χ3n) is 8.45. The van der Waals surface area contributed by atoms with Gasteiger partial charge in [-0.2, -0.15) is 0 Å². The van der Waals surface area contributed by atoms with Crippen molar-refractivity contribution < 1.29 is 24.5 Å². The van der Waals surface area contributed by atoms with Crippen molar-refractivity contribution in [2.45, 2.75) is 104 Å². The van der Waals surface area contributed by atoms with Crippen molar-refractivity contribution in [1.29, 1.82) is 0 Å². The molecule has 4 aromatic carbocycles. The Balaban J connectivity index is 0.000000228. The molecular weight excluding hydrogens is 584 g/mol. The lowest BCUT2D eigenvalue weighted by Gasteiger charge is -2.22. The highest BCUT2D eigenvalue weighted by Crippen LogP contribution is 2.31. The van der Waals surface area contributed by atoms with Gasteiger partial charge in [0.2, 0.25) is 0 Å². The van der Waals surface area contributed by atoms with Crippen molar-refractivity contribution >= 4 is 11.9 Å². The number of hydrogen-bond donors (Lipinski definition) is 2. The van der Waals surface area contributed by atoms with Gasteiger partial charge in [0.1, 0.15) is 12.4 Å². The molecule has 5 rings (SSSR count). The minimum absolute atomic E-state index is 0.327. The summed E-state index contributed by atoms with van der Waals surface area (Å²) in [5.41, 5.74) is 8.25. The lowest BCUT2D eigenvalue weighted by Crippen LogP contribution is -2.08. The summed E-state index contributed by atoms with van der Waals surface area (Å²) in [5.74, 6) is 0.0866. The van der Waals surface area contributed by atoms with Gasteiger partial charge in [-0.05, 0) is 102 Å². The minimum Gasteiger partial charge on any atom is -0.489 e. The first-order valence-electron chi connectivity index (χ1n) is 17.2. The summed E-state index contributed by atoms with van der Waals surface area (Å²) < 4.78 is 6.04. The zero-order valence-electron chi connectivity index (χ0n) is 28.4. The van der Waals surface area contributed by atoms with Gasteiger partial charge in [0.25, 0.3) is 0 Å². The van der Waals surface area contributed by atoms with E-state index >= 15 is 0 Å². The van der Waals surface area contributed by atoms with Gasteiger partial charge >= 0.3 is 11.9 Å². The van der Waals surface area contributed by atoms with Gasteiger partial charge in [-0.15, -0.1) is 0 Å². The number of aryl methyl sites for hydroxylation is 4. The van der Waals surface area contributed by atoms with Crippen LogP contribution in [0.4, 0.5) is 0 Å². The molecule has 4 aromatic rings. The zero-order valence-corrected chi connectivity index (χ0v) is 28.4. The molecule has 0 amide bonds. The Hall–Kier alpha value is -4.38. The van der Waals surface area contributed by atoms with E-state index < -0.39 is 11.9 Å². The number of carboxylic acids is 2. The van der Waals surface area contributed by atoms with Crippen LogP contribution in [0.25, 0.3) is 0 Å². The fourth-order valence-electron chi connectivity index (χ4n) is 5.73. The van der Waals surface area contributed by atoms with Crippen LogP contribution in [0.3, 0.4) is 0 Å². The number of rotatable bonds is 13. The van der Waals surface area contributed by atoms with E-state index in [2.05, 4.69) is 93.6 Å². The molecule has 0 aromatic heterocycles. The molecular formula is C42H52O5. The summed E-state index contributed by atoms with van der Waals surface area (Å²) >= 11 is 0. The van der Waals surface area contributed by atoms with Crippen LogP contribution in [0, 0.1) is 0 Å². The van der Waals surface area contributed by atoms with E-state index in [1.807, 2.05) is 18.2 Å². The number of carboxylic acid groups (broad SMARTS) is 2. The van der Waals surface area contributed by atoms with Crippen LogP contribution in [0.15, 0.2) is 97.1 Å². The van der Waals surface area contributed by atoms with Crippen molar-refractivity contribution in [3.05, 3.63) is 136 Å². The Morgan fingerprint density at radius 2 is 1.40 bits per heavy atom. The number of unbranched alkanes of at least 4 members (excludes halogenated alkanes) is 2. The predicted octanol–water partition coefficient (Wildman–Crippen LogP) is 10.5. The SMILES string of the molecule is CCCCCC(=O)O.CCCc1ccccc1OCc1ccc(CCc2ccccc2)cc1.C[C@H]1CCCc2cc(C(=O)O)ccc21. The molecule has 2 N–H and O–H groups in total. The Morgan fingerprint density at radius 1 is 0.745 bits per heavy atom. The van der Waals surface area contributed by atoms with Crippen LogP contribution in [0.5, 0.6) is 5.75 Å². The maximum absolute atomic E-state index is 10.8. The summed E-state index contributed by atoms with van der Waals surface area (Å²) in [6.07, 6.45) is 11.1. The monoisotopic (exact) mass is 636 g/mol. The maximum Gasteiger partial charge on any atom is 0.335 e. The smallest absolute Gasteiger partial charge is 0.335 e. The number of hydrogen-bond acceptors (Lipinski definition) is 3. The van der Waals surface area contributed by atoms with Gasteiger partial charge in [0, 0.05) is 6.42 Å². The summed E-state index contributed by atoms with van der Waals surface area (Å²) in [4.78, 5) is 20.6. The molecule has 250 valence electrons. The Labute approximate surface area is 281 Å². The number of para-hydroxylation sites is 1. The second-order valence-electron chi connectivity index (χ2n) is 12.3. The fourth-order valence-corrected chi connectivity index (χ4v) is 5.73. The molecule has 5 heteroatoms. The first-order valence-corrected chi connectivity index (χ1v) is 17.2. The number of aliphatic carboxylic acids is 1. The van der Waals surface area contributed by atoms with E-state index in [1.165, 1.54) is 46.2 Å². The molecule has 0 fully saturated rings. The van der Waals surface area contributed by atoms with Gasteiger partial charge in [-0.25, -0.2) is 4.79 Å². The highest BCUT2D eigenvalue weighted by atomic mass is 16.5. The summed E-state index contributed by atoms with van der Waals surface area (Å²) in [6, 6.07) is 33.3. The maximum atomic E-state index is 10.8. The van der Waals surface area contributed by atoms with Gasteiger partial charge in [0.05, 0.1) is 5.56 Å². The van der Waals surface area contributed by atoms with Crippen LogP contribution in [-0.2, 0) is 37.1 Å². The van der Waals surface area contributed by atoms with Gasteiger partial charge in [-0.1, -0.05) is 119 Å². The zero-order chi connectivity index (χ0) is 33.9. The molecule has 0 saturated carbocycles. The van der Waals surface area contributed by atoms with Crippen LogP contribution in [-0.4, -0.2) is 22.2 Å². The van der Waals surface area contributed by atoms with Gasteiger partial charge < -0.3 is 14.9 Å². The van der Waals surface area contributed by atoms with Crippen LogP contribution in [0.2, 0.25) is 0 Å². The third-order valence-corrected chi connectivity index (χ3v) is 8.45. The third kappa shape index (κ3) is 13.5. The molecule has 0 radical (unpaired) electrons. The summed E-state index contributed by atoms with van der Waals surface area (Å²) in [6.45, 7) is 7.09. The van der Waals surface area contributed by atoms with Crippen molar-refractivity contribution in [2.75, 3.05) is 0 Å². The summed E-state index contributed by atoms with van der Waals surface area (Å²) in [7, 11) is 0. The molecule has 0 aliphatic heterocycles. The second-order valence-corrected chi connectivity index (χ2v) is 12.3. The van der Waals surface area contributed by atoms with Crippen LogP contribution >= 0.6 is 0 Å². The molecule has 0 saturated heterocycles. The minimum atomic E-state index is -0.828. The van der Waals surface area contributed by atoms with E-state index in [-0.39, 0.29) is 0 Å². The normalized spacial score (nSPS) is 13.2. The average Bonchev–Trinajstić information content (AvgIpc) is 3.08. The van der Waals surface area contributed by atoms with Crippen LogP contribution < -0.4 is 4.74 Å². The van der Waals surface area contributed by atoms with Crippen molar-refractivity contribution in [3.63, 3.8) is 0 Å². The van der Waals surface area contributed by atoms with Crippen molar-refractivity contribution in [3.8, 4) is 5.75 Å². The second kappa shape index (κ2) is 20.7. The highest BCUT2D eigenvalue weighted by Gasteiger charge is 2.17. The van der Waals surface area contributed by atoms with E-state index in [4.69, 9.17) is 14.9 Å². The molecule has 47 heavy (non-hydrogen) atoms. The molecule has 0 heterocycles. The molecule has 1 aliphatic carbocycles. The Morgan fingerprint density at radius 3 is 2.06 bits per heavy atom. The first-order chi connectivity index (χ1) is 22.8. The average molecular weight is 637 g/mol. The topological polar surface area (TPSA) is 83.8 Å². The van der Waals surface area contributed by atoms with E-state index in [9.17, 15) is 9.59 Å². The molecule has 0 bridgehead atoms. The quantitative estimate of drug-likeness (QED) is 0.143. The molecule has 1 atom stereocenters. The molecule has 5 nitrogen and oxygen atoms in total. The summed E-state index contributed by atoms with van der Waals surface area (Å²) in [5, 5.41) is 17.0. The van der Waals surface area contributed by atoms with Crippen molar-refractivity contribution in [2.24, 2.45) is 0 Å². The number of benzene rings is 4. The Kier molecular flexibility index (Phi) is 16.3. The van der Waals surface area contributed by atoms with E-state index in [0.29, 0.717) is 24.5 Å². The van der Waals surface area contributed by atoms with E-state index in [0.717, 1.165) is 57.1 Å². The molecule has 1 aliphatic rings. The lowest BCUT2D eigenvalue weighted by atomic mass is 9.83. The van der Waals surface area contributed by atoms with Crippen molar-refractivity contribution in [1.82, 2.24) is 0 Å². The molecule has 0 spiro atoms.